The monoisotopic (exact) mass is 261 g/mol. The topological polar surface area (TPSA) is 69.4 Å². The highest BCUT2D eigenvalue weighted by molar-refractivity contribution is 5.32. The van der Waals surface area contributed by atoms with E-state index in [1.54, 1.807) is 23.3 Å². The summed E-state index contributed by atoms with van der Waals surface area (Å²) in [4.78, 5) is 4.24. The molecule has 0 spiro atoms. The zero-order chi connectivity index (χ0) is 13.1. The van der Waals surface area contributed by atoms with Crippen molar-refractivity contribution in [2.75, 3.05) is 13.2 Å². The lowest BCUT2D eigenvalue weighted by Crippen LogP contribution is -2.15. The summed E-state index contributed by atoms with van der Waals surface area (Å²) >= 11 is 0. The standard InChI is InChI=1S/C13H15N3O3/c17-8-10-6-15-16(7-10)13-5-11(1-3-14-13)19-12-2-4-18-9-12/h1,3,5-7,12,17H,2,4,8-9H2/t12-/m0/s1. The normalized spacial score (nSPS) is 18.7. The molecule has 2 aromatic rings. The molecule has 2 aromatic heterocycles. The highest BCUT2D eigenvalue weighted by Crippen LogP contribution is 2.18. The van der Waals surface area contributed by atoms with Crippen molar-refractivity contribution in [2.24, 2.45) is 0 Å². The minimum absolute atomic E-state index is 0.0321. The number of aliphatic hydroxyl groups excluding tert-OH is 1. The number of hydrogen-bond donors (Lipinski definition) is 1. The van der Waals surface area contributed by atoms with Gasteiger partial charge in [0, 0.05) is 30.4 Å². The zero-order valence-electron chi connectivity index (χ0n) is 10.4. The van der Waals surface area contributed by atoms with Crippen molar-refractivity contribution in [3.05, 3.63) is 36.3 Å². The first-order chi connectivity index (χ1) is 9.35. The van der Waals surface area contributed by atoms with Crippen LogP contribution in [0.4, 0.5) is 0 Å². The SMILES string of the molecule is OCc1cnn(-c2cc(O[C@H]3CCOC3)ccn2)c1. The van der Waals surface area contributed by atoms with E-state index in [0.717, 1.165) is 24.3 Å². The molecule has 6 nitrogen and oxygen atoms in total. The van der Waals surface area contributed by atoms with E-state index in [2.05, 4.69) is 10.1 Å². The molecule has 3 heterocycles. The van der Waals surface area contributed by atoms with E-state index in [0.29, 0.717) is 12.4 Å². The number of aliphatic hydroxyl groups is 1. The van der Waals surface area contributed by atoms with Crippen LogP contribution in [0.15, 0.2) is 30.7 Å². The first-order valence-corrected chi connectivity index (χ1v) is 6.20. The van der Waals surface area contributed by atoms with Crippen molar-refractivity contribution in [2.45, 2.75) is 19.1 Å². The van der Waals surface area contributed by atoms with Crippen molar-refractivity contribution in [1.29, 1.82) is 0 Å². The maximum absolute atomic E-state index is 9.03. The van der Waals surface area contributed by atoms with Crippen molar-refractivity contribution in [3.63, 3.8) is 0 Å². The van der Waals surface area contributed by atoms with E-state index in [1.165, 1.54) is 0 Å². The van der Waals surface area contributed by atoms with Crippen LogP contribution in [0, 0.1) is 0 Å². The molecule has 0 unspecified atom stereocenters. The fourth-order valence-corrected chi connectivity index (χ4v) is 1.96. The van der Waals surface area contributed by atoms with Gasteiger partial charge in [0.2, 0.25) is 0 Å². The predicted octanol–water partition coefficient (Wildman–Crippen LogP) is 0.927. The molecule has 0 amide bonds. The molecule has 1 fully saturated rings. The van der Waals surface area contributed by atoms with Crippen LogP contribution < -0.4 is 4.74 Å². The van der Waals surface area contributed by atoms with Gasteiger partial charge in [-0.1, -0.05) is 0 Å². The Morgan fingerprint density at radius 3 is 3.21 bits per heavy atom. The average molecular weight is 261 g/mol. The van der Waals surface area contributed by atoms with Gasteiger partial charge in [0.1, 0.15) is 11.9 Å². The van der Waals surface area contributed by atoms with Gasteiger partial charge in [-0.15, -0.1) is 0 Å². The Hall–Kier alpha value is -1.92. The van der Waals surface area contributed by atoms with Gasteiger partial charge in [-0.2, -0.15) is 5.10 Å². The van der Waals surface area contributed by atoms with Crippen LogP contribution in [0.25, 0.3) is 5.82 Å². The van der Waals surface area contributed by atoms with Gasteiger partial charge < -0.3 is 14.6 Å². The first kappa shape index (κ1) is 12.1. The smallest absolute Gasteiger partial charge is 0.156 e. The summed E-state index contributed by atoms with van der Waals surface area (Å²) in [5, 5.41) is 13.2. The molecule has 100 valence electrons. The van der Waals surface area contributed by atoms with Crippen molar-refractivity contribution < 1.29 is 14.6 Å². The number of ether oxygens (including phenoxy) is 2. The molecule has 1 aliphatic rings. The molecule has 0 saturated carbocycles. The van der Waals surface area contributed by atoms with Gasteiger partial charge in [0.25, 0.3) is 0 Å². The summed E-state index contributed by atoms with van der Waals surface area (Å²) < 4.78 is 12.7. The number of rotatable bonds is 4. The fraction of sp³-hybridized carbons (Fsp3) is 0.385. The molecule has 1 saturated heterocycles. The van der Waals surface area contributed by atoms with Crippen LogP contribution in [-0.2, 0) is 11.3 Å². The van der Waals surface area contributed by atoms with Gasteiger partial charge in [-0.3, -0.25) is 0 Å². The van der Waals surface area contributed by atoms with Crippen LogP contribution in [-0.4, -0.2) is 39.2 Å². The molecule has 1 aliphatic heterocycles. The fourth-order valence-electron chi connectivity index (χ4n) is 1.96. The van der Waals surface area contributed by atoms with Crippen LogP contribution in [0.1, 0.15) is 12.0 Å². The Morgan fingerprint density at radius 1 is 1.53 bits per heavy atom. The van der Waals surface area contributed by atoms with Gasteiger partial charge in [0.15, 0.2) is 5.82 Å². The van der Waals surface area contributed by atoms with Crippen molar-refractivity contribution in [3.8, 4) is 11.6 Å². The Morgan fingerprint density at radius 2 is 2.47 bits per heavy atom. The molecule has 3 rings (SSSR count). The quantitative estimate of drug-likeness (QED) is 0.886. The lowest BCUT2D eigenvalue weighted by molar-refractivity contribution is 0.141. The summed E-state index contributed by atoms with van der Waals surface area (Å²) in [7, 11) is 0. The van der Waals surface area contributed by atoms with Crippen LogP contribution in [0.2, 0.25) is 0 Å². The summed E-state index contributed by atoms with van der Waals surface area (Å²) in [6.07, 6.45) is 6.06. The highest BCUT2D eigenvalue weighted by atomic mass is 16.5. The van der Waals surface area contributed by atoms with E-state index >= 15 is 0 Å². The third-order valence-corrected chi connectivity index (χ3v) is 2.96. The lowest BCUT2D eigenvalue weighted by Gasteiger charge is -2.12. The molecule has 0 aromatic carbocycles. The third kappa shape index (κ3) is 2.74. The summed E-state index contributed by atoms with van der Waals surface area (Å²) in [5.41, 5.74) is 0.748. The van der Waals surface area contributed by atoms with Crippen molar-refractivity contribution >= 4 is 0 Å². The molecular weight excluding hydrogens is 246 g/mol. The molecule has 1 atom stereocenters. The lowest BCUT2D eigenvalue weighted by atomic mass is 10.3. The molecule has 19 heavy (non-hydrogen) atoms. The van der Waals surface area contributed by atoms with Gasteiger partial charge in [-0.05, 0) is 6.07 Å². The Labute approximate surface area is 110 Å². The summed E-state index contributed by atoms with van der Waals surface area (Å²) in [5.74, 6) is 1.41. The van der Waals surface area contributed by atoms with Crippen molar-refractivity contribution in [1.82, 2.24) is 14.8 Å². The van der Waals surface area contributed by atoms with E-state index in [4.69, 9.17) is 14.6 Å². The molecule has 0 aliphatic carbocycles. The van der Waals surface area contributed by atoms with Crippen LogP contribution in [0.3, 0.4) is 0 Å². The van der Waals surface area contributed by atoms with Crippen LogP contribution in [0.5, 0.6) is 5.75 Å². The Balaban J connectivity index is 1.78. The Bertz CT molecular complexity index is 550. The first-order valence-electron chi connectivity index (χ1n) is 6.20. The minimum Gasteiger partial charge on any atom is -0.488 e. The van der Waals surface area contributed by atoms with Gasteiger partial charge in [0.05, 0.1) is 26.0 Å². The second-order valence-corrected chi connectivity index (χ2v) is 4.40. The second-order valence-electron chi connectivity index (χ2n) is 4.40. The summed E-state index contributed by atoms with van der Waals surface area (Å²) in [6.45, 7) is 1.35. The highest BCUT2D eigenvalue weighted by Gasteiger charge is 2.17. The predicted molar refractivity (Wildman–Crippen MR) is 67.1 cm³/mol. The maximum atomic E-state index is 9.03. The zero-order valence-corrected chi connectivity index (χ0v) is 10.4. The third-order valence-electron chi connectivity index (χ3n) is 2.96. The number of pyridine rings is 1. The molecule has 6 heteroatoms. The molecule has 0 radical (unpaired) electrons. The van der Waals surface area contributed by atoms with E-state index in [-0.39, 0.29) is 12.7 Å². The average Bonchev–Trinajstić information content (AvgIpc) is 3.09. The van der Waals surface area contributed by atoms with E-state index in [9.17, 15) is 0 Å². The largest absolute Gasteiger partial charge is 0.488 e. The van der Waals surface area contributed by atoms with Crippen LogP contribution >= 0.6 is 0 Å². The molecular formula is C13H15N3O3. The molecule has 0 bridgehead atoms. The van der Waals surface area contributed by atoms with Gasteiger partial charge in [-0.25, -0.2) is 9.67 Å². The molecule has 1 N–H and O–H groups in total. The van der Waals surface area contributed by atoms with Gasteiger partial charge >= 0.3 is 0 Å². The Kier molecular flexibility index (Phi) is 3.43. The van der Waals surface area contributed by atoms with E-state index < -0.39 is 0 Å². The number of hydrogen-bond acceptors (Lipinski definition) is 5. The number of nitrogens with zero attached hydrogens (tertiary/aromatic N) is 3. The summed E-state index contributed by atoms with van der Waals surface area (Å²) in [6, 6.07) is 3.64. The number of aromatic nitrogens is 3. The minimum atomic E-state index is -0.0321. The maximum Gasteiger partial charge on any atom is 0.156 e. The second kappa shape index (κ2) is 5.38. The van der Waals surface area contributed by atoms with E-state index in [1.807, 2.05) is 12.1 Å².